The fourth-order valence-electron chi connectivity index (χ4n) is 2.17. The topological polar surface area (TPSA) is 52.3 Å². The van der Waals surface area contributed by atoms with Gasteiger partial charge in [0.1, 0.15) is 17.2 Å². The van der Waals surface area contributed by atoms with Gasteiger partial charge in [-0.15, -0.1) is 0 Å². The Morgan fingerprint density at radius 1 is 1.05 bits per heavy atom. The highest BCUT2D eigenvalue weighted by atomic mass is 35.5. The largest absolute Gasteiger partial charge is 0.438 e. The summed E-state index contributed by atoms with van der Waals surface area (Å²) in [4.78, 5) is 8.24. The van der Waals surface area contributed by atoms with Crippen LogP contribution in [0.2, 0.25) is 5.15 Å². The number of ether oxygens (including phenoxy) is 1. The molecule has 3 rings (SSSR count). The molecule has 0 bridgehead atoms. The van der Waals surface area contributed by atoms with Gasteiger partial charge in [-0.3, -0.25) is 0 Å². The Kier molecular flexibility index (Phi) is 3.29. The Morgan fingerprint density at radius 2 is 1.76 bits per heavy atom. The van der Waals surface area contributed by atoms with E-state index in [-0.39, 0.29) is 0 Å². The summed E-state index contributed by atoms with van der Waals surface area (Å²) in [6.07, 6.45) is 1.43. The molecule has 108 valence electrons. The van der Waals surface area contributed by atoms with Crippen molar-refractivity contribution in [1.82, 2.24) is 19.6 Å². The van der Waals surface area contributed by atoms with Crippen LogP contribution in [0.5, 0.6) is 11.6 Å². The van der Waals surface area contributed by atoms with E-state index in [0.29, 0.717) is 16.8 Å². The van der Waals surface area contributed by atoms with Crippen molar-refractivity contribution in [3.05, 3.63) is 45.9 Å². The van der Waals surface area contributed by atoms with E-state index in [9.17, 15) is 0 Å². The average Bonchev–Trinajstić information content (AvgIpc) is 2.90. The van der Waals surface area contributed by atoms with E-state index in [1.165, 1.54) is 11.9 Å². The zero-order chi connectivity index (χ0) is 15.1. The van der Waals surface area contributed by atoms with Crippen molar-refractivity contribution in [3.63, 3.8) is 0 Å². The summed E-state index contributed by atoms with van der Waals surface area (Å²) < 4.78 is 7.70. The van der Waals surface area contributed by atoms with Crippen molar-refractivity contribution in [2.75, 3.05) is 0 Å². The molecule has 5 nitrogen and oxygen atoms in total. The number of rotatable bonds is 2. The molecule has 6 heteroatoms. The third-order valence-corrected chi connectivity index (χ3v) is 3.99. The number of benzene rings is 1. The van der Waals surface area contributed by atoms with E-state index in [1.54, 1.807) is 4.52 Å². The molecule has 3 aromatic rings. The van der Waals surface area contributed by atoms with Crippen molar-refractivity contribution < 1.29 is 4.74 Å². The molecule has 0 aliphatic rings. The number of halogens is 1. The van der Waals surface area contributed by atoms with Crippen molar-refractivity contribution in [2.24, 2.45) is 0 Å². The first-order valence-electron chi connectivity index (χ1n) is 6.59. The van der Waals surface area contributed by atoms with Crippen molar-refractivity contribution in [3.8, 4) is 11.6 Å². The van der Waals surface area contributed by atoms with E-state index < -0.39 is 0 Å². The molecule has 2 heterocycles. The summed E-state index contributed by atoms with van der Waals surface area (Å²) in [5.41, 5.74) is 4.05. The summed E-state index contributed by atoms with van der Waals surface area (Å²) in [6.45, 7) is 7.96. The van der Waals surface area contributed by atoms with Gasteiger partial charge in [0.15, 0.2) is 0 Å². The van der Waals surface area contributed by atoms with Gasteiger partial charge in [-0.2, -0.15) is 19.6 Å². The lowest BCUT2D eigenvalue weighted by atomic mass is 10.1. The molecule has 0 aliphatic carbocycles. The normalized spacial score (nSPS) is 11.1. The summed E-state index contributed by atoms with van der Waals surface area (Å²) in [6, 6.07) is 4.11. The molecule has 21 heavy (non-hydrogen) atoms. The molecule has 0 unspecified atom stereocenters. The van der Waals surface area contributed by atoms with Gasteiger partial charge < -0.3 is 4.74 Å². The lowest BCUT2D eigenvalue weighted by Crippen LogP contribution is -2.03. The minimum absolute atomic E-state index is 0.369. The number of aromatic nitrogens is 4. The summed E-state index contributed by atoms with van der Waals surface area (Å²) in [5, 5.41) is 4.53. The highest BCUT2D eigenvalue weighted by Crippen LogP contribution is 2.33. The minimum Gasteiger partial charge on any atom is -0.438 e. The summed E-state index contributed by atoms with van der Waals surface area (Å²) >= 11 is 6.15. The Labute approximate surface area is 127 Å². The number of fused-ring (bicyclic) bond motifs is 1. The van der Waals surface area contributed by atoms with Crippen LogP contribution in [0.25, 0.3) is 5.78 Å². The van der Waals surface area contributed by atoms with Crippen LogP contribution >= 0.6 is 11.6 Å². The third-order valence-electron chi connectivity index (χ3n) is 3.62. The second kappa shape index (κ2) is 5.00. The van der Waals surface area contributed by atoms with Crippen LogP contribution < -0.4 is 4.74 Å². The van der Waals surface area contributed by atoms with Crippen molar-refractivity contribution in [2.45, 2.75) is 27.7 Å². The molecule has 1 aromatic carbocycles. The fourth-order valence-corrected chi connectivity index (χ4v) is 2.33. The summed E-state index contributed by atoms with van der Waals surface area (Å²) in [7, 11) is 0. The van der Waals surface area contributed by atoms with Crippen LogP contribution in [0.4, 0.5) is 0 Å². The lowest BCUT2D eigenvalue weighted by Gasteiger charge is -2.15. The molecular weight excluding hydrogens is 288 g/mol. The molecule has 0 N–H and O–H groups in total. The second-order valence-electron chi connectivity index (χ2n) is 5.06. The predicted molar refractivity (Wildman–Crippen MR) is 81.3 cm³/mol. The fraction of sp³-hybridized carbons (Fsp3) is 0.267. The van der Waals surface area contributed by atoms with Gasteiger partial charge in [-0.1, -0.05) is 23.7 Å². The van der Waals surface area contributed by atoms with Gasteiger partial charge in [-0.05, 0) is 44.4 Å². The molecule has 0 spiro atoms. The molecule has 0 saturated heterocycles. The maximum Gasteiger partial charge on any atom is 0.256 e. The number of aryl methyl sites for hydroxylation is 2. The quantitative estimate of drug-likeness (QED) is 0.676. The lowest BCUT2D eigenvalue weighted by molar-refractivity contribution is 0.435. The standard InChI is InChI=1S/C15H15ClN4O/c1-8-5-6-9(2)12(10(8)3)21-14-11(4)13(16)19-15-17-7-18-20(14)15/h5-7H,1-4H3. The van der Waals surface area contributed by atoms with Crippen LogP contribution in [0.15, 0.2) is 18.5 Å². The SMILES string of the molecule is Cc1ccc(C)c(Oc2c(C)c(Cl)nc3ncnn23)c1C. The van der Waals surface area contributed by atoms with Crippen LogP contribution in [0, 0.1) is 27.7 Å². The van der Waals surface area contributed by atoms with E-state index in [0.717, 1.165) is 22.4 Å². The minimum atomic E-state index is 0.369. The molecule has 0 amide bonds. The van der Waals surface area contributed by atoms with E-state index in [1.807, 2.05) is 26.8 Å². The Hall–Kier alpha value is -2.14. The molecule has 0 saturated carbocycles. The number of nitrogens with zero attached hydrogens (tertiary/aromatic N) is 4. The second-order valence-corrected chi connectivity index (χ2v) is 5.42. The summed E-state index contributed by atoms with van der Waals surface area (Å²) in [5.74, 6) is 1.78. The van der Waals surface area contributed by atoms with Crippen molar-refractivity contribution >= 4 is 17.4 Å². The predicted octanol–water partition coefficient (Wildman–Crippen LogP) is 3.80. The molecule has 0 atom stereocenters. The highest BCUT2D eigenvalue weighted by Gasteiger charge is 2.16. The first kappa shape index (κ1) is 13.8. The van der Waals surface area contributed by atoms with Gasteiger partial charge in [0.2, 0.25) is 5.88 Å². The highest BCUT2D eigenvalue weighted by molar-refractivity contribution is 6.30. The van der Waals surface area contributed by atoms with Crippen LogP contribution in [0.3, 0.4) is 0 Å². The van der Waals surface area contributed by atoms with Gasteiger partial charge >= 0.3 is 0 Å². The maximum absolute atomic E-state index is 6.15. The number of hydrogen-bond acceptors (Lipinski definition) is 4. The smallest absolute Gasteiger partial charge is 0.256 e. The first-order valence-corrected chi connectivity index (χ1v) is 6.97. The van der Waals surface area contributed by atoms with E-state index in [4.69, 9.17) is 16.3 Å². The van der Waals surface area contributed by atoms with Crippen LogP contribution in [0.1, 0.15) is 22.3 Å². The van der Waals surface area contributed by atoms with Crippen LogP contribution in [-0.4, -0.2) is 19.6 Å². The zero-order valence-corrected chi connectivity index (χ0v) is 13.1. The van der Waals surface area contributed by atoms with E-state index in [2.05, 4.69) is 28.1 Å². The Morgan fingerprint density at radius 3 is 2.52 bits per heavy atom. The number of hydrogen-bond donors (Lipinski definition) is 0. The molecule has 0 fully saturated rings. The average molecular weight is 303 g/mol. The van der Waals surface area contributed by atoms with E-state index >= 15 is 0 Å². The third kappa shape index (κ3) is 2.23. The first-order chi connectivity index (χ1) is 9.99. The van der Waals surface area contributed by atoms with Gasteiger partial charge in [0, 0.05) is 5.56 Å². The van der Waals surface area contributed by atoms with Crippen molar-refractivity contribution in [1.29, 1.82) is 0 Å². The van der Waals surface area contributed by atoms with Gasteiger partial charge in [-0.25, -0.2) is 0 Å². The van der Waals surface area contributed by atoms with Gasteiger partial charge in [0.25, 0.3) is 5.78 Å². The molecule has 0 aliphatic heterocycles. The molecule has 2 aromatic heterocycles. The Balaban J connectivity index is 2.21. The van der Waals surface area contributed by atoms with Crippen LogP contribution in [-0.2, 0) is 0 Å². The molecular formula is C15H15ClN4O. The molecule has 0 radical (unpaired) electrons. The maximum atomic E-state index is 6.15. The monoisotopic (exact) mass is 302 g/mol. The Bertz CT molecular complexity index is 841. The zero-order valence-electron chi connectivity index (χ0n) is 12.3. The van der Waals surface area contributed by atoms with Gasteiger partial charge in [0.05, 0.1) is 0 Å².